The lowest BCUT2D eigenvalue weighted by Crippen LogP contribution is -2.18. The number of rotatable bonds is 9. The zero-order chi connectivity index (χ0) is 16.7. The summed E-state index contributed by atoms with van der Waals surface area (Å²) in [7, 11) is 0. The van der Waals surface area contributed by atoms with Gasteiger partial charge < -0.3 is 14.9 Å². The molecule has 0 spiro atoms. The minimum Gasteiger partial charge on any atom is -0.495 e. The molecule has 3 heteroatoms. The lowest BCUT2D eigenvalue weighted by Gasteiger charge is -2.16. The van der Waals surface area contributed by atoms with Crippen LogP contribution in [0.15, 0.2) is 24.0 Å². The summed E-state index contributed by atoms with van der Waals surface area (Å²) in [6.45, 7) is 4.37. The molecule has 23 heavy (non-hydrogen) atoms. The molecule has 2 fully saturated rings. The van der Waals surface area contributed by atoms with Crippen LogP contribution in [0, 0.1) is 11.8 Å². The fraction of sp³-hybridized carbons (Fsp3) is 0.800. The second-order valence-corrected chi connectivity index (χ2v) is 7.17. The number of hydrogen-bond donors (Lipinski definition) is 2. The van der Waals surface area contributed by atoms with Crippen molar-refractivity contribution in [1.29, 1.82) is 0 Å². The maximum atomic E-state index is 10.3. The van der Waals surface area contributed by atoms with Gasteiger partial charge >= 0.3 is 0 Å². The molecule has 1 heterocycles. The number of hydrogen-bond acceptors (Lipinski definition) is 3. The van der Waals surface area contributed by atoms with Gasteiger partial charge in [-0.1, -0.05) is 51.7 Å². The van der Waals surface area contributed by atoms with Crippen molar-refractivity contribution in [2.75, 3.05) is 0 Å². The highest BCUT2D eigenvalue weighted by molar-refractivity contribution is 5.13. The monoisotopic (exact) mass is 322 g/mol. The minimum atomic E-state index is -0.380. The van der Waals surface area contributed by atoms with E-state index in [1.807, 2.05) is 12.2 Å². The number of allylic oxidation sites excluding steroid dienone is 2. The smallest absolute Gasteiger partial charge is 0.105 e. The minimum absolute atomic E-state index is 0.123. The second kappa shape index (κ2) is 9.48. The van der Waals surface area contributed by atoms with Gasteiger partial charge in [-0.05, 0) is 25.3 Å². The van der Waals surface area contributed by atoms with Crippen molar-refractivity contribution < 1.29 is 14.9 Å². The number of aliphatic hydroxyl groups is 2. The van der Waals surface area contributed by atoms with Gasteiger partial charge in [-0.3, -0.25) is 0 Å². The Balaban J connectivity index is 1.85. The van der Waals surface area contributed by atoms with Gasteiger partial charge in [-0.15, -0.1) is 0 Å². The Morgan fingerprint density at radius 1 is 1.22 bits per heavy atom. The van der Waals surface area contributed by atoms with E-state index in [1.165, 1.54) is 25.7 Å². The average Bonchev–Trinajstić information content (AvgIpc) is 3.02. The predicted octanol–water partition coefficient (Wildman–Crippen LogP) is 4.34. The summed E-state index contributed by atoms with van der Waals surface area (Å²) in [5, 5.41) is 20.3. The first-order chi connectivity index (χ1) is 11.2. The van der Waals surface area contributed by atoms with Crippen molar-refractivity contribution in [3.63, 3.8) is 0 Å². The molecule has 0 aromatic carbocycles. The Bertz CT molecular complexity index is 402. The van der Waals surface area contributed by atoms with E-state index in [4.69, 9.17) is 4.74 Å². The number of fused-ring (bicyclic) bond motifs is 1. The van der Waals surface area contributed by atoms with Crippen LogP contribution >= 0.6 is 0 Å². The van der Waals surface area contributed by atoms with E-state index in [2.05, 4.69) is 19.9 Å². The first-order valence-electron chi connectivity index (χ1n) is 9.55. The van der Waals surface area contributed by atoms with Crippen LogP contribution in [0.25, 0.3) is 0 Å². The Morgan fingerprint density at radius 3 is 2.74 bits per heavy atom. The summed E-state index contributed by atoms with van der Waals surface area (Å²) in [4.78, 5) is 0. The first-order valence-corrected chi connectivity index (χ1v) is 9.55. The van der Waals surface area contributed by atoms with Crippen LogP contribution in [0.1, 0.15) is 71.6 Å². The Hall–Kier alpha value is -0.800. The average molecular weight is 322 g/mol. The van der Waals surface area contributed by atoms with E-state index in [0.717, 1.165) is 37.9 Å². The molecule has 1 saturated carbocycles. The van der Waals surface area contributed by atoms with Crippen LogP contribution in [0.2, 0.25) is 0 Å². The number of unbranched alkanes of at least 4 members (excludes halogenated alkanes) is 4. The molecule has 132 valence electrons. The zero-order valence-corrected chi connectivity index (χ0v) is 14.8. The third-order valence-corrected chi connectivity index (χ3v) is 5.22. The maximum absolute atomic E-state index is 10.3. The van der Waals surface area contributed by atoms with Crippen LogP contribution in [0.4, 0.5) is 0 Å². The SMILES string of the molecule is CCCCC=C1C[C@@H]2[C@@H](C=C[C@@H](O)CCCCC)[C@H](O)C[C@H]2O1. The summed E-state index contributed by atoms with van der Waals surface area (Å²) in [6, 6.07) is 0. The summed E-state index contributed by atoms with van der Waals surface area (Å²) in [5.74, 6) is 1.61. The standard InChI is InChI=1S/C20H34O3/c1-3-5-7-9-15(21)11-12-17-18-13-16(10-8-6-4-2)23-20(18)14-19(17)22/h10-12,15,17-22H,3-9,13-14H2,1-2H3/t15-,17+,18+,19+,20+/m0/s1. The van der Waals surface area contributed by atoms with Crippen molar-refractivity contribution in [3.8, 4) is 0 Å². The molecule has 2 aliphatic rings. The van der Waals surface area contributed by atoms with Gasteiger partial charge in [0.25, 0.3) is 0 Å². The lowest BCUT2D eigenvalue weighted by atomic mass is 9.90. The van der Waals surface area contributed by atoms with Crippen LogP contribution < -0.4 is 0 Å². The van der Waals surface area contributed by atoms with Crippen molar-refractivity contribution in [3.05, 3.63) is 24.0 Å². The van der Waals surface area contributed by atoms with Crippen molar-refractivity contribution in [2.45, 2.75) is 89.9 Å². The predicted molar refractivity (Wildman–Crippen MR) is 94.0 cm³/mol. The number of ether oxygens (including phenoxy) is 1. The van der Waals surface area contributed by atoms with Crippen molar-refractivity contribution in [2.24, 2.45) is 11.8 Å². The van der Waals surface area contributed by atoms with Crippen molar-refractivity contribution in [1.82, 2.24) is 0 Å². The molecule has 0 aromatic rings. The highest BCUT2D eigenvalue weighted by Gasteiger charge is 2.46. The van der Waals surface area contributed by atoms with Crippen molar-refractivity contribution >= 4 is 0 Å². The molecule has 3 nitrogen and oxygen atoms in total. The molecular weight excluding hydrogens is 288 g/mol. The van der Waals surface area contributed by atoms with E-state index < -0.39 is 0 Å². The van der Waals surface area contributed by atoms with Gasteiger partial charge in [0.2, 0.25) is 0 Å². The van der Waals surface area contributed by atoms with Gasteiger partial charge in [-0.25, -0.2) is 0 Å². The van der Waals surface area contributed by atoms with E-state index in [1.54, 1.807) is 0 Å². The van der Waals surface area contributed by atoms with Gasteiger partial charge in [0.15, 0.2) is 0 Å². The molecule has 0 aromatic heterocycles. The molecule has 1 saturated heterocycles. The summed E-state index contributed by atoms with van der Waals surface area (Å²) < 4.78 is 6.02. The van der Waals surface area contributed by atoms with Crippen LogP contribution in [-0.2, 0) is 4.74 Å². The third-order valence-electron chi connectivity index (χ3n) is 5.22. The van der Waals surface area contributed by atoms with Gasteiger partial charge in [0.1, 0.15) is 6.10 Å². The quantitative estimate of drug-likeness (QED) is 0.490. The zero-order valence-electron chi connectivity index (χ0n) is 14.8. The van der Waals surface area contributed by atoms with E-state index in [-0.39, 0.29) is 24.2 Å². The third kappa shape index (κ3) is 5.36. The Morgan fingerprint density at radius 2 is 2.00 bits per heavy atom. The van der Waals surface area contributed by atoms with Gasteiger partial charge in [0, 0.05) is 24.7 Å². The number of aliphatic hydroxyl groups excluding tert-OH is 2. The topological polar surface area (TPSA) is 49.7 Å². The van der Waals surface area contributed by atoms with Crippen LogP contribution in [0.3, 0.4) is 0 Å². The second-order valence-electron chi connectivity index (χ2n) is 7.17. The fourth-order valence-corrected chi connectivity index (χ4v) is 3.81. The molecule has 5 atom stereocenters. The van der Waals surface area contributed by atoms with E-state index in [0.29, 0.717) is 5.92 Å². The summed E-state index contributed by atoms with van der Waals surface area (Å²) in [6.07, 6.45) is 15.0. The van der Waals surface area contributed by atoms with E-state index >= 15 is 0 Å². The summed E-state index contributed by atoms with van der Waals surface area (Å²) in [5.41, 5.74) is 0. The first kappa shape index (κ1) is 18.5. The Labute approximate surface area is 141 Å². The molecule has 0 radical (unpaired) electrons. The highest BCUT2D eigenvalue weighted by atomic mass is 16.5. The molecule has 0 bridgehead atoms. The van der Waals surface area contributed by atoms with Gasteiger partial charge in [-0.2, -0.15) is 0 Å². The fourth-order valence-electron chi connectivity index (χ4n) is 3.81. The largest absolute Gasteiger partial charge is 0.495 e. The normalized spacial score (nSPS) is 33.3. The maximum Gasteiger partial charge on any atom is 0.105 e. The molecule has 2 N–H and O–H groups in total. The van der Waals surface area contributed by atoms with Gasteiger partial charge in [0.05, 0.1) is 18.0 Å². The molecule has 0 amide bonds. The molecule has 2 rings (SSSR count). The molecule has 0 unspecified atom stereocenters. The van der Waals surface area contributed by atoms with Crippen LogP contribution in [0.5, 0.6) is 0 Å². The highest BCUT2D eigenvalue weighted by Crippen LogP contribution is 2.45. The molecule has 1 aliphatic carbocycles. The van der Waals surface area contributed by atoms with E-state index in [9.17, 15) is 10.2 Å². The van der Waals surface area contributed by atoms with Crippen LogP contribution in [-0.4, -0.2) is 28.5 Å². The molecule has 1 aliphatic heterocycles. The Kier molecular flexibility index (Phi) is 7.64. The molecular formula is C20H34O3. The summed E-state index contributed by atoms with van der Waals surface area (Å²) >= 11 is 0. The lowest BCUT2D eigenvalue weighted by molar-refractivity contribution is 0.111.